The van der Waals surface area contributed by atoms with E-state index < -0.39 is 0 Å². The van der Waals surface area contributed by atoms with Crippen molar-refractivity contribution in [2.45, 2.75) is 13.3 Å². The third kappa shape index (κ3) is 4.63. The Morgan fingerprint density at radius 3 is 2.45 bits per heavy atom. The molecule has 1 amide bonds. The van der Waals surface area contributed by atoms with Gasteiger partial charge >= 0.3 is 0 Å². The van der Waals surface area contributed by atoms with Crippen molar-refractivity contribution in [2.75, 3.05) is 0 Å². The van der Waals surface area contributed by atoms with Crippen molar-refractivity contribution in [1.82, 2.24) is 5.43 Å². The highest BCUT2D eigenvalue weighted by molar-refractivity contribution is 9.10. The molecule has 0 aromatic heterocycles. The summed E-state index contributed by atoms with van der Waals surface area (Å²) in [6.45, 7) is 2.02. The van der Waals surface area contributed by atoms with Crippen molar-refractivity contribution in [2.24, 2.45) is 5.10 Å². The first-order chi connectivity index (χ1) is 9.63. The van der Waals surface area contributed by atoms with Gasteiger partial charge in [0.05, 0.1) is 12.6 Å². The molecule has 0 saturated carbocycles. The SMILES string of the molecule is Cc1ccc(CC(=O)N/N=C/c2ccc(Br)cc2)cc1. The summed E-state index contributed by atoms with van der Waals surface area (Å²) in [4.78, 5) is 11.7. The Bertz CT molecular complexity index is 603. The molecule has 0 aliphatic rings. The zero-order valence-corrected chi connectivity index (χ0v) is 12.7. The summed E-state index contributed by atoms with van der Waals surface area (Å²) in [5.74, 6) is -0.123. The van der Waals surface area contributed by atoms with E-state index >= 15 is 0 Å². The molecular formula is C16H15BrN2O. The fourth-order valence-electron chi connectivity index (χ4n) is 1.66. The van der Waals surface area contributed by atoms with E-state index in [4.69, 9.17) is 0 Å². The molecule has 2 aromatic carbocycles. The lowest BCUT2D eigenvalue weighted by atomic mass is 10.1. The highest BCUT2D eigenvalue weighted by Gasteiger charge is 2.01. The second-order valence-electron chi connectivity index (χ2n) is 4.51. The van der Waals surface area contributed by atoms with Gasteiger partial charge < -0.3 is 0 Å². The summed E-state index contributed by atoms with van der Waals surface area (Å²) < 4.78 is 1.01. The second-order valence-corrected chi connectivity index (χ2v) is 5.42. The van der Waals surface area contributed by atoms with Crippen LogP contribution in [0.15, 0.2) is 58.1 Å². The summed E-state index contributed by atoms with van der Waals surface area (Å²) in [7, 11) is 0. The molecule has 1 N–H and O–H groups in total. The van der Waals surface area contributed by atoms with E-state index in [1.165, 1.54) is 5.56 Å². The van der Waals surface area contributed by atoms with Gasteiger partial charge in [0.2, 0.25) is 5.91 Å². The maximum Gasteiger partial charge on any atom is 0.244 e. The molecule has 0 aliphatic carbocycles. The van der Waals surface area contributed by atoms with Gasteiger partial charge in [-0.3, -0.25) is 4.79 Å². The molecule has 0 fully saturated rings. The summed E-state index contributed by atoms with van der Waals surface area (Å²) in [5, 5.41) is 3.95. The number of aryl methyl sites for hydroxylation is 1. The number of hydrazone groups is 1. The minimum absolute atomic E-state index is 0.123. The number of benzene rings is 2. The number of hydrogen-bond donors (Lipinski definition) is 1. The molecule has 102 valence electrons. The van der Waals surface area contributed by atoms with Crippen molar-refractivity contribution < 1.29 is 4.79 Å². The Hall–Kier alpha value is -1.94. The summed E-state index contributed by atoms with van der Waals surface area (Å²) >= 11 is 3.36. The average Bonchev–Trinajstić information content (AvgIpc) is 2.44. The van der Waals surface area contributed by atoms with Crippen LogP contribution in [-0.2, 0) is 11.2 Å². The first-order valence-electron chi connectivity index (χ1n) is 6.26. The predicted octanol–water partition coefficient (Wildman–Crippen LogP) is 3.45. The van der Waals surface area contributed by atoms with Crippen LogP contribution in [0.4, 0.5) is 0 Å². The van der Waals surface area contributed by atoms with Crippen molar-refractivity contribution in [3.05, 3.63) is 69.7 Å². The Labute approximate surface area is 126 Å². The Balaban J connectivity index is 1.85. The maximum atomic E-state index is 11.7. The molecule has 3 nitrogen and oxygen atoms in total. The van der Waals surface area contributed by atoms with Gasteiger partial charge in [0.15, 0.2) is 0 Å². The zero-order valence-electron chi connectivity index (χ0n) is 11.1. The first-order valence-corrected chi connectivity index (χ1v) is 7.06. The molecule has 0 aliphatic heterocycles. The van der Waals surface area contributed by atoms with Crippen LogP contribution in [0, 0.1) is 6.92 Å². The summed E-state index contributed by atoms with van der Waals surface area (Å²) in [5.41, 5.74) is 5.62. The molecule has 4 heteroatoms. The molecular weight excluding hydrogens is 316 g/mol. The monoisotopic (exact) mass is 330 g/mol. The van der Waals surface area contributed by atoms with E-state index in [0.717, 1.165) is 15.6 Å². The molecule has 0 spiro atoms. The third-order valence-electron chi connectivity index (χ3n) is 2.76. The minimum atomic E-state index is -0.123. The number of amides is 1. The van der Waals surface area contributed by atoms with Crippen LogP contribution >= 0.6 is 15.9 Å². The van der Waals surface area contributed by atoms with Crippen molar-refractivity contribution >= 4 is 28.1 Å². The predicted molar refractivity (Wildman–Crippen MR) is 84.8 cm³/mol. The fraction of sp³-hybridized carbons (Fsp3) is 0.125. The molecule has 2 aromatic rings. The lowest BCUT2D eigenvalue weighted by molar-refractivity contribution is -0.120. The number of nitrogens with zero attached hydrogens (tertiary/aromatic N) is 1. The number of nitrogens with one attached hydrogen (secondary N) is 1. The lowest BCUT2D eigenvalue weighted by Gasteiger charge is -2.01. The molecule has 0 radical (unpaired) electrons. The number of hydrogen-bond acceptors (Lipinski definition) is 2. The number of carbonyl (C=O) groups is 1. The molecule has 2 rings (SSSR count). The summed E-state index contributed by atoms with van der Waals surface area (Å²) in [6, 6.07) is 15.6. The Kier molecular flexibility index (Phi) is 5.07. The summed E-state index contributed by atoms with van der Waals surface area (Å²) in [6.07, 6.45) is 1.96. The van der Waals surface area contributed by atoms with Gasteiger partial charge in [-0.15, -0.1) is 0 Å². The van der Waals surface area contributed by atoms with Crippen LogP contribution in [0.3, 0.4) is 0 Å². The van der Waals surface area contributed by atoms with Crippen LogP contribution in [0.1, 0.15) is 16.7 Å². The maximum absolute atomic E-state index is 11.7. The van der Waals surface area contributed by atoms with E-state index in [2.05, 4.69) is 26.5 Å². The van der Waals surface area contributed by atoms with Gasteiger partial charge in [0.1, 0.15) is 0 Å². The average molecular weight is 331 g/mol. The van der Waals surface area contributed by atoms with Crippen molar-refractivity contribution in [3.8, 4) is 0 Å². The minimum Gasteiger partial charge on any atom is -0.273 e. The third-order valence-corrected chi connectivity index (χ3v) is 3.29. The lowest BCUT2D eigenvalue weighted by Crippen LogP contribution is -2.19. The van der Waals surface area contributed by atoms with Crippen LogP contribution in [-0.4, -0.2) is 12.1 Å². The molecule has 0 atom stereocenters. The van der Waals surface area contributed by atoms with E-state index in [1.54, 1.807) is 6.21 Å². The first kappa shape index (κ1) is 14.5. The van der Waals surface area contributed by atoms with E-state index in [1.807, 2.05) is 55.5 Å². The molecule has 0 saturated heterocycles. The standard InChI is InChI=1S/C16H15BrN2O/c1-12-2-4-13(5-3-12)10-16(20)19-18-11-14-6-8-15(17)9-7-14/h2-9,11H,10H2,1H3,(H,19,20)/b18-11+. The molecule has 0 unspecified atom stereocenters. The van der Waals surface area contributed by atoms with Crippen LogP contribution in [0.2, 0.25) is 0 Å². The van der Waals surface area contributed by atoms with Crippen molar-refractivity contribution in [3.63, 3.8) is 0 Å². The second kappa shape index (κ2) is 7.01. The fourth-order valence-corrected chi connectivity index (χ4v) is 1.92. The molecule has 0 bridgehead atoms. The van der Waals surface area contributed by atoms with Gasteiger partial charge in [-0.1, -0.05) is 57.9 Å². The van der Waals surface area contributed by atoms with E-state index in [-0.39, 0.29) is 5.91 Å². The molecule has 0 heterocycles. The number of rotatable bonds is 4. The van der Waals surface area contributed by atoms with Gasteiger partial charge in [0, 0.05) is 4.47 Å². The van der Waals surface area contributed by atoms with Crippen LogP contribution < -0.4 is 5.43 Å². The number of carbonyl (C=O) groups excluding carboxylic acids is 1. The van der Waals surface area contributed by atoms with E-state index in [9.17, 15) is 4.79 Å². The van der Waals surface area contributed by atoms with Gasteiger partial charge in [-0.25, -0.2) is 5.43 Å². The quantitative estimate of drug-likeness (QED) is 0.677. The van der Waals surface area contributed by atoms with Crippen LogP contribution in [0.5, 0.6) is 0 Å². The van der Waals surface area contributed by atoms with Gasteiger partial charge in [-0.05, 0) is 30.2 Å². The smallest absolute Gasteiger partial charge is 0.244 e. The Morgan fingerprint density at radius 1 is 1.15 bits per heavy atom. The normalized spacial score (nSPS) is 10.7. The molecule has 20 heavy (non-hydrogen) atoms. The largest absolute Gasteiger partial charge is 0.273 e. The topological polar surface area (TPSA) is 41.5 Å². The highest BCUT2D eigenvalue weighted by atomic mass is 79.9. The highest BCUT2D eigenvalue weighted by Crippen LogP contribution is 2.09. The van der Waals surface area contributed by atoms with E-state index in [0.29, 0.717) is 6.42 Å². The Morgan fingerprint density at radius 2 is 1.80 bits per heavy atom. The van der Waals surface area contributed by atoms with Gasteiger partial charge in [0.25, 0.3) is 0 Å². The zero-order chi connectivity index (χ0) is 14.4. The van der Waals surface area contributed by atoms with Crippen LogP contribution in [0.25, 0.3) is 0 Å². The van der Waals surface area contributed by atoms with Crippen molar-refractivity contribution in [1.29, 1.82) is 0 Å². The number of halogens is 1. The van der Waals surface area contributed by atoms with Gasteiger partial charge in [-0.2, -0.15) is 5.10 Å².